The van der Waals surface area contributed by atoms with Gasteiger partial charge in [0.25, 0.3) is 10.2 Å². The first-order valence-electron chi connectivity index (χ1n) is 7.83. The predicted octanol–water partition coefficient (Wildman–Crippen LogP) is 1.50. The molecule has 20 heavy (non-hydrogen) atoms. The zero-order chi connectivity index (χ0) is 14.6. The van der Waals surface area contributed by atoms with Crippen LogP contribution in [0.3, 0.4) is 0 Å². The van der Waals surface area contributed by atoms with Crippen molar-refractivity contribution >= 4 is 10.2 Å². The molecule has 0 aromatic heterocycles. The number of nitrogens with zero attached hydrogens (tertiary/aromatic N) is 1. The summed E-state index contributed by atoms with van der Waals surface area (Å²) in [6.07, 6.45) is 7.08. The Morgan fingerprint density at radius 2 is 1.80 bits per heavy atom. The minimum Gasteiger partial charge on any atom is -0.396 e. The maximum absolute atomic E-state index is 12.3. The van der Waals surface area contributed by atoms with Crippen molar-refractivity contribution in [2.45, 2.75) is 51.9 Å². The molecule has 2 N–H and O–H groups in total. The number of rotatable bonds is 5. The molecule has 5 nitrogen and oxygen atoms in total. The number of piperidine rings is 1. The van der Waals surface area contributed by atoms with Crippen molar-refractivity contribution in [1.29, 1.82) is 0 Å². The maximum atomic E-state index is 12.3. The Morgan fingerprint density at radius 1 is 1.20 bits per heavy atom. The van der Waals surface area contributed by atoms with E-state index in [2.05, 4.69) is 11.6 Å². The summed E-state index contributed by atoms with van der Waals surface area (Å²) in [6, 6.07) is 0. The fourth-order valence-corrected chi connectivity index (χ4v) is 4.62. The quantitative estimate of drug-likeness (QED) is 0.808. The zero-order valence-corrected chi connectivity index (χ0v) is 13.3. The molecule has 1 aliphatic heterocycles. The molecule has 0 aromatic rings. The van der Waals surface area contributed by atoms with Gasteiger partial charge in [-0.05, 0) is 31.6 Å². The largest absolute Gasteiger partial charge is 0.396 e. The van der Waals surface area contributed by atoms with Gasteiger partial charge in [0.05, 0.1) is 0 Å². The van der Waals surface area contributed by atoms with E-state index in [9.17, 15) is 13.5 Å². The van der Waals surface area contributed by atoms with Gasteiger partial charge in [0, 0.05) is 31.7 Å². The van der Waals surface area contributed by atoms with Crippen LogP contribution in [0.25, 0.3) is 0 Å². The third-order valence-corrected chi connectivity index (χ3v) is 6.52. The molecule has 1 aliphatic carbocycles. The topological polar surface area (TPSA) is 69.6 Å². The first kappa shape index (κ1) is 16.2. The average Bonchev–Trinajstić information content (AvgIpc) is 2.47. The van der Waals surface area contributed by atoms with Gasteiger partial charge >= 0.3 is 0 Å². The Morgan fingerprint density at radius 3 is 2.35 bits per heavy atom. The molecule has 0 radical (unpaired) electrons. The van der Waals surface area contributed by atoms with Crippen molar-refractivity contribution in [3.8, 4) is 0 Å². The lowest BCUT2D eigenvalue weighted by molar-refractivity contribution is 0.0861. The van der Waals surface area contributed by atoms with Crippen LogP contribution in [0.15, 0.2) is 0 Å². The number of nitrogens with one attached hydrogen (secondary N) is 1. The highest BCUT2D eigenvalue weighted by atomic mass is 32.2. The molecule has 1 saturated carbocycles. The number of hydrogen-bond acceptors (Lipinski definition) is 3. The van der Waals surface area contributed by atoms with E-state index in [-0.39, 0.29) is 12.0 Å². The summed E-state index contributed by atoms with van der Waals surface area (Å²) in [5.74, 6) is 0.614. The SMILES string of the molecule is CC1CCN(S(=O)(=O)NCC2(CO)CCCCC2)CC1. The third kappa shape index (κ3) is 3.93. The molecule has 2 aliphatic rings. The van der Waals surface area contributed by atoms with Gasteiger partial charge in [-0.1, -0.05) is 26.2 Å². The molecule has 2 fully saturated rings. The average molecular weight is 304 g/mol. The van der Waals surface area contributed by atoms with Crippen LogP contribution < -0.4 is 4.72 Å². The maximum Gasteiger partial charge on any atom is 0.279 e. The van der Waals surface area contributed by atoms with E-state index in [4.69, 9.17) is 0 Å². The lowest BCUT2D eigenvalue weighted by Crippen LogP contribution is -2.49. The second kappa shape index (κ2) is 6.73. The van der Waals surface area contributed by atoms with Crippen LogP contribution in [-0.4, -0.2) is 44.1 Å². The first-order chi connectivity index (χ1) is 9.47. The van der Waals surface area contributed by atoms with E-state index in [1.165, 1.54) is 6.42 Å². The third-order valence-electron chi connectivity index (χ3n) is 4.96. The van der Waals surface area contributed by atoms with Crippen LogP contribution in [0.2, 0.25) is 0 Å². The molecular weight excluding hydrogens is 276 g/mol. The van der Waals surface area contributed by atoms with Crippen LogP contribution in [-0.2, 0) is 10.2 Å². The van der Waals surface area contributed by atoms with Crippen molar-refractivity contribution in [2.75, 3.05) is 26.2 Å². The molecule has 0 aromatic carbocycles. The monoisotopic (exact) mass is 304 g/mol. The summed E-state index contributed by atoms with van der Waals surface area (Å²) in [4.78, 5) is 0. The molecule has 0 unspecified atom stereocenters. The normalized spacial score (nSPS) is 25.7. The van der Waals surface area contributed by atoms with Gasteiger partial charge in [0.2, 0.25) is 0 Å². The van der Waals surface area contributed by atoms with Crippen molar-refractivity contribution in [3.05, 3.63) is 0 Å². The van der Waals surface area contributed by atoms with E-state index in [0.29, 0.717) is 25.6 Å². The van der Waals surface area contributed by atoms with E-state index in [1.54, 1.807) is 4.31 Å². The number of aliphatic hydroxyl groups excluding tert-OH is 1. The fourth-order valence-electron chi connectivity index (χ4n) is 3.25. The Kier molecular flexibility index (Phi) is 5.45. The fraction of sp³-hybridized carbons (Fsp3) is 1.00. The number of hydrogen-bond donors (Lipinski definition) is 2. The van der Waals surface area contributed by atoms with Crippen LogP contribution in [0, 0.1) is 11.3 Å². The number of aliphatic hydroxyl groups is 1. The smallest absolute Gasteiger partial charge is 0.279 e. The highest BCUT2D eigenvalue weighted by molar-refractivity contribution is 7.87. The van der Waals surface area contributed by atoms with Crippen LogP contribution in [0.1, 0.15) is 51.9 Å². The van der Waals surface area contributed by atoms with Gasteiger partial charge in [-0.15, -0.1) is 0 Å². The molecular formula is C14H28N2O3S. The Bertz CT molecular complexity index is 397. The van der Waals surface area contributed by atoms with Crippen molar-refractivity contribution in [2.24, 2.45) is 11.3 Å². The standard InChI is InChI=1S/C14H28N2O3S/c1-13-5-9-16(10-6-13)20(18,19)15-11-14(12-17)7-3-2-4-8-14/h13,15,17H,2-12H2,1H3. The van der Waals surface area contributed by atoms with Gasteiger partial charge in [-0.25, -0.2) is 4.72 Å². The lowest BCUT2D eigenvalue weighted by Gasteiger charge is -2.37. The van der Waals surface area contributed by atoms with Gasteiger partial charge in [0.1, 0.15) is 0 Å². The van der Waals surface area contributed by atoms with Crippen LogP contribution in [0.5, 0.6) is 0 Å². The van der Waals surface area contributed by atoms with E-state index < -0.39 is 10.2 Å². The summed E-state index contributed by atoms with van der Waals surface area (Å²) in [5.41, 5.74) is -0.242. The Balaban J connectivity index is 1.91. The van der Waals surface area contributed by atoms with Crippen molar-refractivity contribution in [1.82, 2.24) is 9.03 Å². The van der Waals surface area contributed by atoms with Gasteiger partial charge in [-0.3, -0.25) is 0 Å². The van der Waals surface area contributed by atoms with E-state index in [1.807, 2.05) is 0 Å². The molecule has 1 saturated heterocycles. The van der Waals surface area contributed by atoms with Crippen LogP contribution >= 0.6 is 0 Å². The second-order valence-electron chi connectivity index (χ2n) is 6.63. The van der Waals surface area contributed by atoms with Crippen LogP contribution in [0.4, 0.5) is 0 Å². The zero-order valence-electron chi connectivity index (χ0n) is 12.5. The highest BCUT2D eigenvalue weighted by Gasteiger charge is 2.34. The molecule has 0 bridgehead atoms. The van der Waals surface area contributed by atoms with Gasteiger partial charge in [-0.2, -0.15) is 12.7 Å². The van der Waals surface area contributed by atoms with Crippen molar-refractivity contribution in [3.63, 3.8) is 0 Å². The van der Waals surface area contributed by atoms with Gasteiger partial charge in [0.15, 0.2) is 0 Å². The molecule has 6 heteroatoms. The summed E-state index contributed by atoms with van der Waals surface area (Å²) in [6.45, 7) is 3.84. The first-order valence-corrected chi connectivity index (χ1v) is 9.27. The van der Waals surface area contributed by atoms with Crippen molar-refractivity contribution < 1.29 is 13.5 Å². The molecule has 0 atom stereocenters. The summed E-state index contributed by atoms with van der Waals surface area (Å²) in [7, 11) is -3.38. The Labute approximate surface area is 122 Å². The lowest BCUT2D eigenvalue weighted by atomic mass is 9.75. The highest BCUT2D eigenvalue weighted by Crippen LogP contribution is 2.35. The molecule has 118 valence electrons. The summed E-state index contributed by atoms with van der Waals surface area (Å²) in [5, 5.41) is 9.64. The predicted molar refractivity (Wildman–Crippen MR) is 79.5 cm³/mol. The minimum atomic E-state index is -3.38. The summed E-state index contributed by atoms with van der Waals surface area (Å²) < 4.78 is 29.0. The second-order valence-corrected chi connectivity index (χ2v) is 8.38. The molecule has 0 spiro atoms. The molecule has 0 amide bonds. The van der Waals surface area contributed by atoms with Gasteiger partial charge < -0.3 is 5.11 Å². The minimum absolute atomic E-state index is 0.0759. The molecule has 1 heterocycles. The van der Waals surface area contributed by atoms with E-state index >= 15 is 0 Å². The molecule has 2 rings (SSSR count). The summed E-state index contributed by atoms with van der Waals surface area (Å²) >= 11 is 0. The van der Waals surface area contributed by atoms with E-state index in [0.717, 1.165) is 38.5 Å². The Hall–Kier alpha value is -0.170.